The van der Waals surface area contributed by atoms with Crippen LogP contribution in [0, 0.1) is 11.8 Å². The average Bonchev–Trinajstić information content (AvgIpc) is 2.88. The standard InChI is InChI=1S/C18H36N2O/c1-18(2,3)19-12-16-9-6-10-20(13-16)14-17(21)11-15-7-4-5-8-15/h15-17,19,21H,4-14H2,1-3H3. The van der Waals surface area contributed by atoms with Crippen LogP contribution >= 0.6 is 0 Å². The summed E-state index contributed by atoms with van der Waals surface area (Å²) in [6.45, 7) is 11.0. The molecule has 2 atom stereocenters. The van der Waals surface area contributed by atoms with Crippen molar-refractivity contribution in [1.29, 1.82) is 0 Å². The van der Waals surface area contributed by atoms with Gasteiger partial charge in [-0.1, -0.05) is 25.7 Å². The number of nitrogens with zero attached hydrogens (tertiary/aromatic N) is 1. The third kappa shape index (κ3) is 6.66. The van der Waals surface area contributed by atoms with Crippen LogP contribution in [-0.2, 0) is 0 Å². The zero-order chi connectivity index (χ0) is 15.3. The van der Waals surface area contributed by atoms with Gasteiger partial charge in [-0.3, -0.25) is 0 Å². The topological polar surface area (TPSA) is 35.5 Å². The Morgan fingerprint density at radius 1 is 1.10 bits per heavy atom. The van der Waals surface area contributed by atoms with Crippen LogP contribution in [-0.4, -0.2) is 47.8 Å². The minimum Gasteiger partial charge on any atom is -0.392 e. The number of aliphatic hydroxyl groups excluding tert-OH is 1. The molecule has 0 aromatic rings. The Bertz CT molecular complexity index is 294. The van der Waals surface area contributed by atoms with Crippen molar-refractivity contribution in [3.63, 3.8) is 0 Å². The molecule has 2 rings (SSSR count). The van der Waals surface area contributed by atoms with E-state index in [1.807, 2.05) is 0 Å². The van der Waals surface area contributed by atoms with Gasteiger partial charge in [-0.25, -0.2) is 0 Å². The third-order valence-electron chi connectivity index (χ3n) is 5.07. The molecule has 0 radical (unpaired) electrons. The summed E-state index contributed by atoms with van der Waals surface area (Å²) in [5.41, 5.74) is 0.213. The van der Waals surface area contributed by atoms with E-state index in [-0.39, 0.29) is 11.6 Å². The molecule has 1 aliphatic carbocycles. The highest BCUT2D eigenvalue weighted by Gasteiger charge is 2.25. The summed E-state index contributed by atoms with van der Waals surface area (Å²) in [5.74, 6) is 1.54. The molecule has 124 valence electrons. The predicted molar refractivity (Wildman–Crippen MR) is 89.5 cm³/mol. The number of aliphatic hydroxyl groups is 1. The first-order valence-corrected chi connectivity index (χ1v) is 9.08. The third-order valence-corrected chi connectivity index (χ3v) is 5.07. The minimum absolute atomic E-state index is 0.109. The van der Waals surface area contributed by atoms with E-state index in [2.05, 4.69) is 31.0 Å². The van der Waals surface area contributed by atoms with Gasteiger partial charge in [0.15, 0.2) is 0 Å². The van der Waals surface area contributed by atoms with E-state index < -0.39 is 0 Å². The van der Waals surface area contributed by atoms with Crippen molar-refractivity contribution >= 4 is 0 Å². The second kappa shape index (κ2) is 7.94. The van der Waals surface area contributed by atoms with Crippen LogP contribution in [0.1, 0.15) is 65.7 Å². The summed E-state index contributed by atoms with van der Waals surface area (Å²) >= 11 is 0. The molecule has 1 saturated carbocycles. The summed E-state index contributed by atoms with van der Waals surface area (Å²) in [4.78, 5) is 2.50. The monoisotopic (exact) mass is 296 g/mol. The Kier molecular flexibility index (Phi) is 6.51. The van der Waals surface area contributed by atoms with E-state index in [4.69, 9.17) is 0 Å². The molecule has 2 N–H and O–H groups in total. The number of nitrogens with one attached hydrogen (secondary N) is 1. The number of hydrogen-bond donors (Lipinski definition) is 2. The van der Waals surface area contributed by atoms with E-state index >= 15 is 0 Å². The molecular weight excluding hydrogens is 260 g/mol. The van der Waals surface area contributed by atoms with Crippen molar-refractivity contribution in [2.75, 3.05) is 26.2 Å². The number of rotatable bonds is 6. The first kappa shape index (κ1) is 17.2. The first-order valence-electron chi connectivity index (χ1n) is 9.08. The Morgan fingerprint density at radius 2 is 1.76 bits per heavy atom. The summed E-state index contributed by atoms with van der Waals surface area (Å²) < 4.78 is 0. The molecule has 2 fully saturated rings. The molecule has 1 heterocycles. The fourth-order valence-electron chi connectivity index (χ4n) is 3.94. The second-order valence-electron chi connectivity index (χ2n) is 8.44. The van der Waals surface area contributed by atoms with Crippen molar-refractivity contribution in [1.82, 2.24) is 10.2 Å². The summed E-state index contributed by atoms with van der Waals surface area (Å²) in [6, 6.07) is 0. The largest absolute Gasteiger partial charge is 0.392 e. The van der Waals surface area contributed by atoms with Crippen molar-refractivity contribution in [3.05, 3.63) is 0 Å². The van der Waals surface area contributed by atoms with Crippen molar-refractivity contribution < 1.29 is 5.11 Å². The molecule has 2 aliphatic rings. The van der Waals surface area contributed by atoms with E-state index in [1.165, 1.54) is 45.1 Å². The SMILES string of the molecule is CC(C)(C)NCC1CCCN(CC(O)CC2CCCC2)C1. The van der Waals surface area contributed by atoms with Gasteiger partial charge in [0.2, 0.25) is 0 Å². The van der Waals surface area contributed by atoms with E-state index in [9.17, 15) is 5.11 Å². The molecule has 1 saturated heterocycles. The summed E-state index contributed by atoms with van der Waals surface area (Å²) in [6.07, 6.45) is 8.97. The molecule has 1 aliphatic heterocycles. The van der Waals surface area contributed by atoms with Gasteiger partial charge >= 0.3 is 0 Å². The van der Waals surface area contributed by atoms with E-state index in [0.29, 0.717) is 0 Å². The Balaban J connectivity index is 1.67. The highest BCUT2D eigenvalue weighted by Crippen LogP contribution is 2.29. The summed E-state index contributed by atoms with van der Waals surface area (Å²) in [5, 5.41) is 14.0. The Hall–Kier alpha value is -0.120. The maximum atomic E-state index is 10.3. The Labute approximate surface area is 131 Å². The lowest BCUT2D eigenvalue weighted by atomic mass is 9.95. The maximum Gasteiger partial charge on any atom is 0.0669 e. The van der Waals surface area contributed by atoms with Crippen molar-refractivity contribution in [2.24, 2.45) is 11.8 Å². The van der Waals surface area contributed by atoms with Crippen LogP contribution in [0.15, 0.2) is 0 Å². The fraction of sp³-hybridized carbons (Fsp3) is 1.00. The molecule has 0 spiro atoms. The maximum absolute atomic E-state index is 10.3. The zero-order valence-electron chi connectivity index (χ0n) is 14.4. The van der Waals surface area contributed by atoms with Crippen LogP contribution in [0.4, 0.5) is 0 Å². The van der Waals surface area contributed by atoms with Gasteiger partial charge in [0.05, 0.1) is 6.10 Å². The number of piperidine rings is 1. The van der Waals surface area contributed by atoms with E-state index in [0.717, 1.165) is 37.9 Å². The summed E-state index contributed by atoms with van der Waals surface area (Å²) in [7, 11) is 0. The van der Waals surface area contributed by atoms with Gasteiger partial charge < -0.3 is 15.3 Å². The van der Waals surface area contributed by atoms with Crippen molar-refractivity contribution in [3.8, 4) is 0 Å². The lowest BCUT2D eigenvalue weighted by Gasteiger charge is -2.35. The number of likely N-dealkylation sites (tertiary alicyclic amines) is 1. The lowest BCUT2D eigenvalue weighted by molar-refractivity contribution is 0.0679. The fourth-order valence-corrected chi connectivity index (χ4v) is 3.94. The molecule has 2 unspecified atom stereocenters. The van der Waals surface area contributed by atoms with Crippen LogP contribution in [0.2, 0.25) is 0 Å². The molecule has 0 aromatic heterocycles. The highest BCUT2D eigenvalue weighted by atomic mass is 16.3. The smallest absolute Gasteiger partial charge is 0.0669 e. The minimum atomic E-state index is -0.109. The molecule has 3 heteroatoms. The highest BCUT2D eigenvalue weighted by molar-refractivity contribution is 4.80. The zero-order valence-corrected chi connectivity index (χ0v) is 14.4. The normalized spacial score (nSPS) is 27.1. The van der Waals surface area contributed by atoms with Crippen LogP contribution < -0.4 is 5.32 Å². The van der Waals surface area contributed by atoms with Gasteiger partial charge in [0.25, 0.3) is 0 Å². The Morgan fingerprint density at radius 3 is 2.43 bits per heavy atom. The molecular formula is C18H36N2O. The van der Waals surface area contributed by atoms with Crippen LogP contribution in [0.25, 0.3) is 0 Å². The first-order chi connectivity index (χ1) is 9.92. The molecule has 0 aromatic carbocycles. The quantitative estimate of drug-likeness (QED) is 0.791. The molecule has 0 bridgehead atoms. The molecule has 21 heavy (non-hydrogen) atoms. The average molecular weight is 296 g/mol. The van der Waals surface area contributed by atoms with Gasteiger partial charge in [-0.05, 0) is 65.0 Å². The van der Waals surface area contributed by atoms with Gasteiger partial charge in [-0.2, -0.15) is 0 Å². The molecule has 0 amide bonds. The van der Waals surface area contributed by atoms with Gasteiger partial charge in [0, 0.05) is 18.6 Å². The van der Waals surface area contributed by atoms with Gasteiger partial charge in [0.1, 0.15) is 0 Å². The number of hydrogen-bond acceptors (Lipinski definition) is 3. The second-order valence-corrected chi connectivity index (χ2v) is 8.44. The van der Waals surface area contributed by atoms with E-state index in [1.54, 1.807) is 0 Å². The van der Waals surface area contributed by atoms with Crippen LogP contribution in [0.3, 0.4) is 0 Å². The molecule has 3 nitrogen and oxygen atoms in total. The lowest BCUT2D eigenvalue weighted by Crippen LogP contribution is -2.46. The van der Waals surface area contributed by atoms with Gasteiger partial charge in [-0.15, -0.1) is 0 Å². The van der Waals surface area contributed by atoms with Crippen LogP contribution in [0.5, 0.6) is 0 Å². The predicted octanol–water partition coefficient (Wildman–Crippen LogP) is 3.03. The number of β-amino-alcohol motifs (C(OH)–C–C–N with tert-alkyl or cyclic N) is 1. The van der Waals surface area contributed by atoms with Crippen molar-refractivity contribution in [2.45, 2.75) is 77.4 Å².